The Bertz CT molecular complexity index is 1120. The van der Waals surface area contributed by atoms with E-state index in [0.29, 0.717) is 17.7 Å². The average Bonchev–Trinajstić information content (AvgIpc) is 2.68. The molecule has 0 aliphatic heterocycles. The summed E-state index contributed by atoms with van der Waals surface area (Å²) in [6, 6.07) is 13.2. The van der Waals surface area contributed by atoms with Crippen LogP contribution in [0.2, 0.25) is 10.0 Å². The molecule has 0 fully saturated rings. The lowest BCUT2D eigenvalue weighted by molar-refractivity contribution is 0.459. The summed E-state index contributed by atoms with van der Waals surface area (Å²) in [7, 11) is -4.21. The highest BCUT2D eigenvalue weighted by Gasteiger charge is 2.21. The number of nitroso groups, excluding NO2 is 1. The van der Waals surface area contributed by atoms with Crippen LogP contribution >= 0.6 is 30.7 Å². The maximum Gasteiger partial charge on any atom is 0.354 e. The molecule has 0 radical (unpaired) electrons. The lowest BCUT2D eigenvalue weighted by Crippen LogP contribution is -1.94. The third kappa shape index (κ3) is 5.58. The second-order valence-electron chi connectivity index (χ2n) is 6.49. The first-order valence-corrected chi connectivity index (χ1v) is 11.1. The molecule has 3 aromatic rings. The third-order valence-corrected chi connectivity index (χ3v) is 5.75. The number of rotatable bonds is 7. The van der Waals surface area contributed by atoms with Crippen LogP contribution in [0, 0.1) is 10.7 Å². The molecule has 10 heteroatoms. The molecule has 3 aromatic carbocycles. The number of halogens is 3. The molecule has 0 saturated heterocycles. The van der Waals surface area contributed by atoms with E-state index in [1.54, 1.807) is 18.2 Å². The highest BCUT2D eigenvalue weighted by atomic mass is 35.5. The van der Waals surface area contributed by atoms with Crippen LogP contribution in [0.1, 0.15) is 16.7 Å². The fourth-order valence-corrected chi connectivity index (χ4v) is 4.10. The van der Waals surface area contributed by atoms with Gasteiger partial charge in [-0.05, 0) is 53.6 Å². The normalized spacial score (nSPS) is 12.9. The highest BCUT2D eigenvalue weighted by Crippen LogP contribution is 2.47. The Balaban J connectivity index is 1.85. The Morgan fingerprint density at radius 2 is 1.63 bits per heavy atom. The maximum atomic E-state index is 13.1. The smallest absolute Gasteiger partial charge is 0.354 e. The van der Waals surface area contributed by atoms with Crippen molar-refractivity contribution >= 4 is 30.7 Å². The largest absolute Gasteiger partial charge is 0.508 e. The van der Waals surface area contributed by atoms with Crippen molar-refractivity contribution in [1.29, 1.82) is 0 Å². The van der Waals surface area contributed by atoms with Crippen LogP contribution in [0.15, 0.2) is 59.5 Å². The quantitative estimate of drug-likeness (QED) is 0.297. The Labute approximate surface area is 181 Å². The van der Waals surface area contributed by atoms with Gasteiger partial charge in [-0.25, -0.2) is 4.39 Å². The van der Waals surface area contributed by atoms with Gasteiger partial charge in [0.05, 0.1) is 16.2 Å². The zero-order chi connectivity index (χ0) is 21.9. The number of phenols is 1. The Morgan fingerprint density at radius 1 is 1.00 bits per heavy atom. The topological polar surface area (TPSA) is 96.2 Å². The first kappa shape index (κ1) is 22.2. The standard InChI is InChI=1S/C20H15Cl2FNO5P/c21-17-8-13(11-30(27,28)24-26)9-18(22)20(17)29-16-5-6-19(25)14(10-16)7-12-1-3-15(23)4-2-12/h1-6,8-10,25H,7,11H2,(H,27,28). The predicted molar refractivity (Wildman–Crippen MR) is 113 cm³/mol. The van der Waals surface area contributed by atoms with Crippen LogP contribution in [0.3, 0.4) is 0 Å². The minimum absolute atomic E-state index is 0.0410. The van der Waals surface area contributed by atoms with E-state index < -0.39 is 13.7 Å². The van der Waals surface area contributed by atoms with Gasteiger partial charge in [-0.2, -0.15) is 0 Å². The second kappa shape index (κ2) is 9.14. The van der Waals surface area contributed by atoms with Crippen LogP contribution in [-0.2, 0) is 17.1 Å². The molecule has 0 heterocycles. The van der Waals surface area contributed by atoms with Gasteiger partial charge in [0, 0.05) is 16.9 Å². The lowest BCUT2D eigenvalue weighted by Gasteiger charge is -2.13. The van der Waals surface area contributed by atoms with E-state index in [4.69, 9.17) is 27.9 Å². The molecule has 6 nitrogen and oxygen atoms in total. The molecule has 2 N–H and O–H groups in total. The van der Waals surface area contributed by atoms with Crippen molar-refractivity contribution in [2.45, 2.75) is 12.6 Å². The van der Waals surface area contributed by atoms with Crippen LogP contribution in [0.4, 0.5) is 4.39 Å². The van der Waals surface area contributed by atoms with E-state index in [-0.39, 0.29) is 32.9 Å². The number of phenolic OH excluding ortho intramolecular Hbond substituents is 1. The average molecular weight is 470 g/mol. The summed E-state index contributed by atoms with van der Waals surface area (Å²) in [5, 5.41) is 10.3. The predicted octanol–water partition coefficient (Wildman–Crippen LogP) is 6.67. The molecule has 1 atom stereocenters. The van der Waals surface area contributed by atoms with Crippen molar-refractivity contribution in [3.8, 4) is 17.2 Å². The van der Waals surface area contributed by atoms with Crippen molar-refractivity contribution in [2.75, 3.05) is 0 Å². The van der Waals surface area contributed by atoms with Crippen molar-refractivity contribution in [2.24, 2.45) is 4.95 Å². The molecular formula is C20H15Cl2FNO5P. The number of ether oxygens (including phenoxy) is 1. The van der Waals surface area contributed by atoms with Gasteiger partial charge in [0.15, 0.2) is 5.75 Å². The van der Waals surface area contributed by atoms with Gasteiger partial charge in [0.25, 0.3) is 0 Å². The molecule has 0 aliphatic rings. The highest BCUT2D eigenvalue weighted by molar-refractivity contribution is 7.55. The van der Waals surface area contributed by atoms with Crippen molar-refractivity contribution in [1.82, 2.24) is 0 Å². The van der Waals surface area contributed by atoms with Gasteiger partial charge in [-0.15, -0.1) is 4.91 Å². The van der Waals surface area contributed by atoms with E-state index in [9.17, 15) is 23.9 Å². The van der Waals surface area contributed by atoms with Crippen LogP contribution < -0.4 is 4.74 Å². The van der Waals surface area contributed by atoms with Crippen LogP contribution in [-0.4, -0.2) is 10.00 Å². The van der Waals surface area contributed by atoms with Crippen molar-refractivity contribution in [3.63, 3.8) is 0 Å². The summed E-state index contributed by atoms with van der Waals surface area (Å²) in [6.07, 6.45) is -0.161. The molecule has 156 valence electrons. The monoisotopic (exact) mass is 469 g/mol. The number of benzene rings is 3. The molecule has 0 amide bonds. The molecule has 0 spiro atoms. The van der Waals surface area contributed by atoms with Gasteiger partial charge < -0.3 is 14.7 Å². The molecule has 0 aromatic heterocycles. The SMILES string of the molecule is O=NP(=O)(O)Cc1cc(Cl)c(Oc2ccc(O)c(Cc3ccc(F)cc3)c2)c(Cl)c1. The van der Waals surface area contributed by atoms with E-state index >= 15 is 0 Å². The molecular weight excluding hydrogens is 455 g/mol. The van der Waals surface area contributed by atoms with Gasteiger partial charge in [-0.3, -0.25) is 4.57 Å². The Hall–Kier alpha value is -2.44. The van der Waals surface area contributed by atoms with Gasteiger partial charge in [-0.1, -0.05) is 35.3 Å². The van der Waals surface area contributed by atoms with Crippen LogP contribution in [0.25, 0.3) is 0 Å². The Morgan fingerprint density at radius 3 is 2.23 bits per heavy atom. The van der Waals surface area contributed by atoms with E-state index in [0.717, 1.165) is 5.56 Å². The van der Waals surface area contributed by atoms with E-state index in [1.165, 1.54) is 36.4 Å². The van der Waals surface area contributed by atoms with E-state index in [1.807, 2.05) is 0 Å². The number of hydrogen-bond donors (Lipinski definition) is 2. The summed E-state index contributed by atoms with van der Waals surface area (Å²) < 4.78 is 30.3. The molecule has 1 unspecified atom stereocenters. The summed E-state index contributed by atoms with van der Waals surface area (Å²) >= 11 is 12.4. The van der Waals surface area contributed by atoms with E-state index in [2.05, 4.69) is 4.95 Å². The third-order valence-electron chi connectivity index (χ3n) is 4.15. The zero-order valence-electron chi connectivity index (χ0n) is 15.3. The van der Waals surface area contributed by atoms with Crippen molar-refractivity contribution in [3.05, 3.63) is 92.1 Å². The van der Waals surface area contributed by atoms with Crippen molar-refractivity contribution < 1.29 is 23.7 Å². The lowest BCUT2D eigenvalue weighted by atomic mass is 10.0. The Kier molecular flexibility index (Phi) is 6.78. The fourth-order valence-electron chi connectivity index (χ4n) is 2.77. The number of nitrogens with zero attached hydrogens (tertiary/aromatic N) is 1. The van der Waals surface area contributed by atoms with Gasteiger partial charge in [0.1, 0.15) is 17.3 Å². The first-order valence-electron chi connectivity index (χ1n) is 8.55. The summed E-state index contributed by atoms with van der Waals surface area (Å²) in [6.45, 7) is 0. The molecule has 30 heavy (non-hydrogen) atoms. The molecule has 0 aliphatic carbocycles. The number of hydrogen-bond acceptors (Lipinski definition) is 4. The minimum Gasteiger partial charge on any atom is -0.508 e. The minimum atomic E-state index is -4.21. The fraction of sp³-hybridized carbons (Fsp3) is 0.100. The molecule has 0 saturated carbocycles. The number of aromatic hydroxyl groups is 1. The second-order valence-corrected chi connectivity index (χ2v) is 9.11. The maximum absolute atomic E-state index is 13.1. The molecule has 3 rings (SSSR count). The zero-order valence-corrected chi connectivity index (χ0v) is 17.7. The van der Waals surface area contributed by atoms with Gasteiger partial charge >= 0.3 is 7.52 Å². The first-order chi connectivity index (χ1) is 14.2. The summed E-state index contributed by atoms with van der Waals surface area (Å²) in [4.78, 5) is 22.0. The summed E-state index contributed by atoms with van der Waals surface area (Å²) in [5.74, 6) is 0.129. The van der Waals surface area contributed by atoms with Crippen LogP contribution in [0.5, 0.6) is 17.2 Å². The summed E-state index contributed by atoms with van der Waals surface area (Å²) in [5.41, 5.74) is 1.59. The molecule has 0 bridgehead atoms. The van der Waals surface area contributed by atoms with Gasteiger partial charge in [0.2, 0.25) is 0 Å².